The minimum absolute atomic E-state index is 0.270. The Labute approximate surface area is 152 Å². The van der Waals surface area contributed by atoms with Crippen molar-refractivity contribution in [2.24, 2.45) is 4.99 Å². The lowest BCUT2D eigenvalue weighted by Gasteiger charge is -2.04. The Morgan fingerprint density at radius 1 is 1.24 bits per heavy atom. The second-order valence-corrected chi connectivity index (χ2v) is 7.24. The number of para-hydroxylation sites is 1. The molecule has 0 spiro atoms. The summed E-state index contributed by atoms with van der Waals surface area (Å²) < 4.78 is 5.83. The van der Waals surface area contributed by atoms with Crippen molar-refractivity contribution in [3.63, 3.8) is 0 Å². The van der Waals surface area contributed by atoms with E-state index in [1.807, 2.05) is 24.3 Å². The van der Waals surface area contributed by atoms with Crippen LogP contribution in [0.1, 0.15) is 16.1 Å². The van der Waals surface area contributed by atoms with E-state index in [2.05, 4.69) is 20.3 Å². The van der Waals surface area contributed by atoms with Gasteiger partial charge in [0.25, 0.3) is 5.91 Å². The van der Waals surface area contributed by atoms with Gasteiger partial charge in [-0.2, -0.15) is 0 Å². The Bertz CT molecular complexity index is 940. The molecule has 0 bridgehead atoms. The summed E-state index contributed by atoms with van der Waals surface area (Å²) in [6, 6.07) is 9.42. The van der Waals surface area contributed by atoms with Gasteiger partial charge in [-0.05, 0) is 12.1 Å². The molecule has 1 aromatic carbocycles. The summed E-state index contributed by atoms with van der Waals surface area (Å²) >= 11 is 3.01. The predicted molar refractivity (Wildman–Crippen MR) is 100 cm³/mol. The number of aromatic nitrogens is 2. The van der Waals surface area contributed by atoms with Gasteiger partial charge in [0.2, 0.25) is 0 Å². The molecule has 0 fully saturated rings. The Hall–Kier alpha value is -2.32. The van der Waals surface area contributed by atoms with Crippen LogP contribution in [-0.2, 0) is 5.75 Å². The van der Waals surface area contributed by atoms with Crippen LogP contribution in [0.25, 0.3) is 11.0 Å². The van der Waals surface area contributed by atoms with Crippen molar-refractivity contribution in [3.05, 3.63) is 54.0 Å². The quantitative estimate of drug-likeness (QED) is 0.560. The maximum absolute atomic E-state index is 12.7. The third kappa shape index (κ3) is 3.54. The fraction of sp³-hybridized carbons (Fsp3) is 0.176. The van der Waals surface area contributed by atoms with E-state index >= 15 is 0 Å². The number of amides is 1. The molecule has 4 rings (SSSR count). The molecular formula is C17H14N4O2S2. The molecule has 25 heavy (non-hydrogen) atoms. The van der Waals surface area contributed by atoms with Crippen molar-refractivity contribution in [2.45, 2.75) is 10.9 Å². The molecular weight excluding hydrogens is 356 g/mol. The van der Waals surface area contributed by atoms with Gasteiger partial charge in [0.15, 0.2) is 16.1 Å². The first kappa shape index (κ1) is 16.2. The maximum atomic E-state index is 12.7. The number of furan rings is 1. The highest BCUT2D eigenvalue weighted by molar-refractivity contribution is 8.14. The van der Waals surface area contributed by atoms with Gasteiger partial charge in [0.05, 0.1) is 6.54 Å². The van der Waals surface area contributed by atoms with Gasteiger partial charge >= 0.3 is 0 Å². The molecule has 2 aromatic heterocycles. The highest BCUT2D eigenvalue weighted by Gasteiger charge is 2.22. The number of carbonyl (C=O) groups excluding carboxylic acids is 1. The minimum Gasteiger partial charge on any atom is -0.451 e. The zero-order valence-electron chi connectivity index (χ0n) is 13.1. The monoisotopic (exact) mass is 370 g/mol. The van der Waals surface area contributed by atoms with Crippen molar-refractivity contribution < 1.29 is 9.21 Å². The highest BCUT2D eigenvalue weighted by Crippen LogP contribution is 2.31. The van der Waals surface area contributed by atoms with Crippen molar-refractivity contribution in [3.8, 4) is 0 Å². The van der Waals surface area contributed by atoms with E-state index in [9.17, 15) is 4.79 Å². The van der Waals surface area contributed by atoms with Gasteiger partial charge < -0.3 is 4.42 Å². The van der Waals surface area contributed by atoms with Crippen LogP contribution < -0.4 is 5.32 Å². The maximum Gasteiger partial charge on any atom is 0.293 e. The summed E-state index contributed by atoms with van der Waals surface area (Å²) in [5.74, 6) is 1.49. The molecule has 0 saturated heterocycles. The Morgan fingerprint density at radius 2 is 2.08 bits per heavy atom. The first-order chi connectivity index (χ1) is 12.3. The largest absolute Gasteiger partial charge is 0.451 e. The molecule has 6 nitrogen and oxygen atoms in total. The minimum atomic E-state index is -0.270. The number of nitrogens with zero attached hydrogens (tertiary/aromatic N) is 3. The SMILES string of the molecule is O=C(NC1=NCCS1)c1oc2ccccc2c1CSc1ncccn1. The molecule has 1 aliphatic rings. The predicted octanol–water partition coefficient (Wildman–Crippen LogP) is 3.35. The molecule has 0 unspecified atom stereocenters. The lowest BCUT2D eigenvalue weighted by molar-refractivity contribution is 0.0952. The number of nitrogens with one attached hydrogen (secondary N) is 1. The summed E-state index contributed by atoms with van der Waals surface area (Å²) in [6.07, 6.45) is 3.40. The number of benzene rings is 1. The van der Waals surface area contributed by atoms with Gasteiger partial charge in [0.1, 0.15) is 5.58 Å². The lowest BCUT2D eigenvalue weighted by atomic mass is 10.1. The standard InChI is InChI=1S/C17H14N4O2S2/c22-15(21-17-20-8-9-24-17)14-12(10-25-16-18-6-3-7-19-16)11-4-1-2-5-13(11)23-14/h1-7H,8-10H2,(H,20,21,22). The highest BCUT2D eigenvalue weighted by atomic mass is 32.2. The van der Waals surface area contributed by atoms with E-state index in [0.29, 0.717) is 27.4 Å². The van der Waals surface area contributed by atoms with Crippen LogP contribution in [0.2, 0.25) is 0 Å². The van der Waals surface area contributed by atoms with Crippen molar-refractivity contribution in [1.29, 1.82) is 0 Å². The smallest absolute Gasteiger partial charge is 0.293 e. The summed E-state index contributed by atoms with van der Waals surface area (Å²) in [6.45, 7) is 0.731. The number of thioether (sulfide) groups is 2. The first-order valence-corrected chi connectivity index (χ1v) is 9.67. The molecule has 126 valence electrons. The van der Waals surface area contributed by atoms with Gasteiger partial charge in [-0.15, -0.1) is 0 Å². The molecule has 1 N–H and O–H groups in total. The number of amidine groups is 1. The van der Waals surface area contributed by atoms with Gasteiger partial charge in [-0.1, -0.05) is 41.7 Å². The van der Waals surface area contributed by atoms with Crippen LogP contribution in [0, 0.1) is 0 Å². The van der Waals surface area contributed by atoms with E-state index in [-0.39, 0.29) is 5.91 Å². The molecule has 1 aliphatic heterocycles. The van der Waals surface area contributed by atoms with Crippen molar-refractivity contribution in [1.82, 2.24) is 15.3 Å². The molecule has 8 heteroatoms. The average molecular weight is 370 g/mol. The first-order valence-electron chi connectivity index (χ1n) is 7.70. The Kier molecular flexibility index (Phi) is 4.71. The fourth-order valence-electron chi connectivity index (χ4n) is 2.49. The summed E-state index contributed by atoms with van der Waals surface area (Å²) in [5, 5.41) is 5.07. The molecule has 0 radical (unpaired) electrons. The van der Waals surface area contributed by atoms with Gasteiger partial charge in [-0.25, -0.2) is 9.97 Å². The van der Waals surface area contributed by atoms with E-state index < -0.39 is 0 Å². The molecule has 3 heterocycles. The fourth-order valence-corrected chi connectivity index (χ4v) is 4.04. The number of fused-ring (bicyclic) bond motifs is 1. The zero-order chi connectivity index (χ0) is 17.1. The molecule has 0 saturated carbocycles. The Balaban J connectivity index is 1.64. The number of aliphatic imine (C=N–C) groups is 1. The molecule has 0 aliphatic carbocycles. The second kappa shape index (κ2) is 7.28. The van der Waals surface area contributed by atoms with Gasteiger partial charge in [0, 0.05) is 34.8 Å². The topological polar surface area (TPSA) is 80.4 Å². The van der Waals surface area contributed by atoms with Crippen LogP contribution in [0.3, 0.4) is 0 Å². The summed E-state index contributed by atoms with van der Waals surface area (Å²) in [4.78, 5) is 25.4. The van der Waals surface area contributed by atoms with Crippen LogP contribution >= 0.6 is 23.5 Å². The normalized spacial score (nSPS) is 13.8. The second-order valence-electron chi connectivity index (χ2n) is 5.22. The van der Waals surface area contributed by atoms with Crippen LogP contribution in [-0.4, -0.2) is 33.3 Å². The lowest BCUT2D eigenvalue weighted by Crippen LogP contribution is -2.27. The average Bonchev–Trinajstić information content (AvgIpc) is 3.28. The van der Waals surface area contributed by atoms with Crippen LogP contribution in [0.5, 0.6) is 0 Å². The van der Waals surface area contributed by atoms with Crippen molar-refractivity contribution >= 4 is 45.6 Å². The van der Waals surface area contributed by atoms with Crippen LogP contribution in [0.15, 0.2) is 57.3 Å². The number of hydrogen-bond donors (Lipinski definition) is 1. The van der Waals surface area contributed by atoms with Gasteiger partial charge in [-0.3, -0.25) is 15.1 Å². The number of hydrogen-bond acceptors (Lipinski definition) is 7. The van der Waals surface area contributed by atoms with E-state index in [1.165, 1.54) is 23.5 Å². The third-order valence-electron chi connectivity index (χ3n) is 3.60. The van der Waals surface area contributed by atoms with Crippen molar-refractivity contribution in [2.75, 3.05) is 12.3 Å². The third-order valence-corrected chi connectivity index (χ3v) is 5.39. The summed E-state index contributed by atoms with van der Waals surface area (Å²) in [5.41, 5.74) is 1.53. The molecule has 1 amide bonds. The van der Waals surface area contributed by atoms with Crippen LogP contribution in [0.4, 0.5) is 0 Å². The number of carbonyl (C=O) groups is 1. The van der Waals surface area contributed by atoms with E-state index in [1.54, 1.807) is 18.5 Å². The zero-order valence-corrected chi connectivity index (χ0v) is 14.8. The van der Waals surface area contributed by atoms with E-state index in [4.69, 9.17) is 4.42 Å². The number of rotatable bonds is 4. The Morgan fingerprint density at radius 3 is 2.88 bits per heavy atom. The summed E-state index contributed by atoms with van der Waals surface area (Å²) in [7, 11) is 0. The van der Waals surface area contributed by atoms with E-state index in [0.717, 1.165) is 23.2 Å². The molecule has 0 atom stereocenters. The molecule has 3 aromatic rings.